The van der Waals surface area contributed by atoms with Crippen molar-refractivity contribution < 1.29 is 24.5 Å². The molecule has 0 heterocycles. The minimum Gasteiger partial charge on any atom is -0.466 e. The fraction of sp³-hybridized carbons (Fsp3) is 0.920. The zero-order valence-electron chi connectivity index (χ0n) is 55.0. The molecule has 0 aliphatic carbocycles. The fourth-order valence-corrected chi connectivity index (χ4v) is 11.8. The van der Waals surface area contributed by atoms with E-state index in [0.717, 1.165) is 44.9 Å². The number of nitrogens with one attached hydrogen (secondary N) is 1. The number of aliphatic hydroxyl groups is 2. The number of amides is 1. The van der Waals surface area contributed by atoms with E-state index in [1.165, 1.54) is 340 Å². The molecule has 1 amide bonds. The Hall–Kier alpha value is -1.66. The van der Waals surface area contributed by atoms with Gasteiger partial charge < -0.3 is 20.3 Å². The molecule has 6 nitrogen and oxygen atoms in total. The van der Waals surface area contributed by atoms with Crippen LogP contribution in [0.25, 0.3) is 0 Å². The molecular formula is C75H145NO5. The molecule has 0 fully saturated rings. The van der Waals surface area contributed by atoms with Crippen LogP contribution in [-0.2, 0) is 14.3 Å². The highest BCUT2D eigenvalue weighted by Gasteiger charge is 2.20. The van der Waals surface area contributed by atoms with Crippen LogP contribution in [0.4, 0.5) is 0 Å². The average Bonchev–Trinajstić information content (AvgIpc) is 3.47. The molecule has 0 bridgehead atoms. The molecular weight excluding hydrogens is 995 g/mol. The van der Waals surface area contributed by atoms with Crippen LogP contribution < -0.4 is 5.32 Å². The number of hydrogen-bond donors (Lipinski definition) is 3. The lowest BCUT2D eigenvalue weighted by atomic mass is 10.0. The van der Waals surface area contributed by atoms with Gasteiger partial charge in [-0.25, -0.2) is 0 Å². The highest BCUT2D eigenvalue weighted by Crippen LogP contribution is 2.19. The summed E-state index contributed by atoms with van der Waals surface area (Å²) in [6.07, 6.45) is 89.6. The monoisotopic (exact) mass is 1140 g/mol. The van der Waals surface area contributed by atoms with Crippen molar-refractivity contribution in [1.29, 1.82) is 0 Å². The Kier molecular flexibility index (Phi) is 69.4. The Morgan fingerprint density at radius 1 is 0.333 bits per heavy atom. The van der Waals surface area contributed by atoms with Crippen LogP contribution >= 0.6 is 0 Å². The van der Waals surface area contributed by atoms with Crippen molar-refractivity contribution in [2.45, 2.75) is 431 Å². The molecule has 6 heteroatoms. The summed E-state index contributed by atoms with van der Waals surface area (Å²) in [5.41, 5.74) is 0. The van der Waals surface area contributed by atoms with Crippen LogP contribution in [-0.4, -0.2) is 47.4 Å². The van der Waals surface area contributed by atoms with Gasteiger partial charge in [0, 0.05) is 12.8 Å². The summed E-state index contributed by atoms with van der Waals surface area (Å²) in [4.78, 5) is 24.6. The van der Waals surface area contributed by atoms with Crippen LogP contribution in [0.15, 0.2) is 24.3 Å². The Bertz CT molecular complexity index is 1270. The Balaban J connectivity index is 3.37. The van der Waals surface area contributed by atoms with Crippen molar-refractivity contribution in [1.82, 2.24) is 5.32 Å². The van der Waals surface area contributed by atoms with Gasteiger partial charge in [0.15, 0.2) is 0 Å². The maximum absolute atomic E-state index is 12.6. The lowest BCUT2D eigenvalue weighted by Crippen LogP contribution is -2.45. The van der Waals surface area contributed by atoms with Crippen LogP contribution in [0.2, 0.25) is 0 Å². The molecule has 0 spiro atoms. The molecule has 0 aliphatic rings. The Morgan fingerprint density at radius 2 is 0.580 bits per heavy atom. The number of allylic oxidation sites excluding steroid dienone is 4. The summed E-state index contributed by atoms with van der Waals surface area (Å²) in [7, 11) is 0. The predicted octanol–water partition coefficient (Wildman–Crippen LogP) is 24.1. The zero-order valence-corrected chi connectivity index (χ0v) is 55.0. The van der Waals surface area contributed by atoms with Gasteiger partial charge in [0.2, 0.25) is 5.91 Å². The molecule has 2 unspecified atom stereocenters. The summed E-state index contributed by atoms with van der Waals surface area (Å²) in [5.74, 6) is -0.0208. The molecule has 0 aromatic rings. The second-order valence-corrected chi connectivity index (χ2v) is 25.6. The van der Waals surface area contributed by atoms with E-state index in [1.807, 2.05) is 0 Å². The van der Waals surface area contributed by atoms with E-state index in [-0.39, 0.29) is 18.5 Å². The second-order valence-electron chi connectivity index (χ2n) is 25.6. The third-order valence-corrected chi connectivity index (χ3v) is 17.5. The number of unbranched alkanes of at least 4 members (excludes halogenated alkanes) is 55. The first-order valence-corrected chi connectivity index (χ1v) is 37.1. The highest BCUT2D eigenvalue weighted by atomic mass is 16.5. The topological polar surface area (TPSA) is 95.9 Å². The SMILES string of the molecule is CCCCC/C=C\CCCCCCCC(=O)OCCCCCCCCCCCCCC/C=C\CCCCCCCCCCCCCCCCC(=O)NC(CO)C(O)CCCCCCCCCCCCCCCCCCCCCCCC. The number of rotatable bonds is 70. The summed E-state index contributed by atoms with van der Waals surface area (Å²) >= 11 is 0. The highest BCUT2D eigenvalue weighted by molar-refractivity contribution is 5.76. The maximum atomic E-state index is 12.6. The predicted molar refractivity (Wildman–Crippen MR) is 356 cm³/mol. The molecule has 2 atom stereocenters. The van der Waals surface area contributed by atoms with Crippen molar-refractivity contribution in [2.75, 3.05) is 13.2 Å². The molecule has 0 radical (unpaired) electrons. The summed E-state index contributed by atoms with van der Waals surface area (Å²) in [6.45, 7) is 4.97. The van der Waals surface area contributed by atoms with E-state index < -0.39 is 12.1 Å². The van der Waals surface area contributed by atoms with Gasteiger partial charge >= 0.3 is 5.97 Å². The van der Waals surface area contributed by atoms with Crippen molar-refractivity contribution >= 4 is 11.9 Å². The van der Waals surface area contributed by atoms with Gasteiger partial charge in [0.05, 0.1) is 25.4 Å². The third kappa shape index (κ3) is 67.3. The number of aliphatic hydroxyl groups excluding tert-OH is 2. The van der Waals surface area contributed by atoms with Crippen molar-refractivity contribution in [2.24, 2.45) is 0 Å². The Labute approximate surface area is 507 Å². The van der Waals surface area contributed by atoms with Gasteiger partial charge in [0.1, 0.15) is 0 Å². The van der Waals surface area contributed by atoms with E-state index in [2.05, 4.69) is 43.5 Å². The molecule has 0 saturated heterocycles. The number of carbonyl (C=O) groups is 2. The lowest BCUT2D eigenvalue weighted by molar-refractivity contribution is -0.143. The molecule has 0 aromatic heterocycles. The van der Waals surface area contributed by atoms with Gasteiger partial charge in [-0.1, -0.05) is 353 Å². The quantitative estimate of drug-likeness (QED) is 0.0320. The Morgan fingerprint density at radius 3 is 0.901 bits per heavy atom. The molecule has 0 saturated carbocycles. The molecule has 0 rings (SSSR count). The fourth-order valence-electron chi connectivity index (χ4n) is 11.8. The van der Waals surface area contributed by atoms with Gasteiger partial charge in [-0.15, -0.1) is 0 Å². The first kappa shape index (κ1) is 79.3. The standard InChI is InChI=1S/C75H145NO5/c1-3-5-7-9-11-13-15-17-18-19-20-21-32-35-38-41-44-47-51-55-59-63-67-73(78)72(71-77)76-74(79)68-64-60-56-52-48-45-42-39-36-33-30-28-26-24-22-23-25-27-29-31-34-37-40-43-46-50-54-58-62-66-70-81-75(80)69-65-61-57-53-49-16-14-12-10-8-6-4-2/h12,14,23,25,72-73,77-78H,3-11,13,15-22,24,26-71H2,1-2H3,(H,76,79)/b14-12-,25-23-. The summed E-state index contributed by atoms with van der Waals surface area (Å²) in [5, 5.41) is 23.4. The molecule has 3 N–H and O–H groups in total. The van der Waals surface area contributed by atoms with E-state index in [4.69, 9.17) is 4.74 Å². The van der Waals surface area contributed by atoms with Gasteiger partial charge in [-0.3, -0.25) is 9.59 Å². The second kappa shape index (κ2) is 70.8. The minimum absolute atomic E-state index is 0.00773. The number of carbonyl (C=O) groups excluding carboxylic acids is 2. The van der Waals surface area contributed by atoms with E-state index in [1.54, 1.807) is 0 Å². The van der Waals surface area contributed by atoms with E-state index in [9.17, 15) is 19.8 Å². The van der Waals surface area contributed by atoms with Crippen LogP contribution in [0.3, 0.4) is 0 Å². The first-order chi connectivity index (χ1) is 40.0. The summed E-state index contributed by atoms with van der Waals surface area (Å²) in [6, 6.07) is -0.541. The van der Waals surface area contributed by atoms with E-state index in [0.29, 0.717) is 25.9 Å². The number of esters is 1. The van der Waals surface area contributed by atoms with Crippen molar-refractivity contribution in [3.8, 4) is 0 Å². The third-order valence-electron chi connectivity index (χ3n) is 17.5. The van der Waals surface area contributed by atoms with Crippen LogP contribution in [0.1, 0.15) is 418 Å². The smallest absolute Gasteiger partial charge is 0.305 e. The average molecular weight is 1140 g/mol. The van der Waals surface area contributed by atoms with Crippen molar-refractivity contribution in [3.63, 3.8) is 0 Å². The van der Waals surface area contributed by atoms with Gasteiger partial charge in [0.25, 0.3) is 0 Å². The molecule has 81 heavy (non-hydrogen) atoms. The normalized spacial score (nSPS) is 12.6. The summed E-state index contributed by atoms with van der Waals surface area (Å²) < 4.78 is 5.48. The van der Waals surface area contributed by atoms with Gasteiger partial charge in [-0.05, 0) is 77.0 Å². The van der Waals surface area contributed by atoms with Crippen molar-refractivity contribution in [3.05, 3.63) is 24.3 Å². The first-order valence-electron chi connectivity index (χ1n) is 37.1. The van der Waals surface area contributed by atoms with Crippen LogP contribution in [0, 0.1) is 0 Å². The molecule has 480 valence electrons. The van der Waals surface area contributed by atoms with Gasteiger partial charge in [-0.2, -0.15) is 0 Å². The number of hydrogen-bond acceptors (Lipinski definition) is 5. The largest absolute Gasteiger partial charge is 0.466 e. The lowest BCUT2D eigenvalue weighted by Gasteiger charge is -2.22. The maximum Gasteiger partial charge on any atom is 0.305 e. The molecule has 0 aromatic carbocycles. The molecule has 0 aliphatic heterocycles. The van der Waals surface area contributed by atoms with Crippen LogP contribution in [0.5, 0.6) is 0 Å². The zero-order chi connectivity index (χ0) is 58.5. The minimum atomic E-state index is -0.664. The van der Waals surface area contributed by atoms with E-state index >= 15 is 0 Å². The number of ether oxygens (including phenoxy) is 1.